The molecule has 0 unspecified atom stereocenters. The molecule has 100 valence electrons. The number of aromatic amines is 1. The van der Waals surface area contributed by atoms with E-state index in [1.54, 1.807) is 35.6 Å². The predicted molar refractivity (Wildman–Crippen MR) is 85.4 cm³/mol. The number of nitrogens with zero attached hydrogens (tertiary/aromatic N) is 1. The van der Waals surface area contributed by atoms with Gasteiger partial charge in [0.05, 0.1) is 15.9 Å². The van der Waals surface area contributed by atoms with Crippen LogP contribution in [0.5, 0.6) is 0 Å². The van der Waals surface area contributed by atoms with Crippen LogP contribution in [0, 0.1) is 0 Å². The molecule has 0 saturated heterocycles. The molecule has 20 heavy (non-hydrogen) atoms. The van der Waals surface area contributed by atoms with Crippen molar-refractivity contribution in [1.82, 2.24) is 9.97 Å². The highest BCUT2D eigenvalue weighted by atomic mass is 35.5. The van der Waals surface area contributed by atoms with Crippen molar-refractivity contribution < 1.29 is 0 Å². The van der Waals surface area contributed by atoms with Gasteiger partial charge in [0, 0.05) is 9.90 Å². The van der Waals surface area contributed by atoms with Crippen LogP contribution in [-0.4, -0.2) is 9.97 Å². The summed E-state index contributed by atoms with van der Waals surface area (Å²) in [7, 11) is 0. The van der Waals surface area contributed by atoms with Crippen LogP contribution in [0.4, 0.5) is 0 Å². The SMILES string of the molecule is O=c1[nH]c(/C(Cl)=C/c2cccs2)nc2cc(Cl)ccc12. The number of hydrogen-bond acceptors (Lipinski definition) is 3. The first-order chi connectivity index (χ1) is 9.63. The van der Waals surface area contributed by atoms with E-state index in [4.69, 9.17) is 23.2 Å². The fraction of sp³-hybridized carbons (Fsp3) is 0. The predicted octanol–water partition coefficient (Wildman–Crippen LogP) is 4.37. The monoisotopic (exact) mass is 322 g/mol. The lowest BCUT2D eigenvalue weighted by molar-refractivity contribution is 1.14. The van der Waals surface area contributed by atoms with Crippen LogP contribution in [-0.2, 0) is 0 Å². The lowest BCUT2D eigenvalue weighted by atomic mass is 10.2. The van der Waals surface area contributed by atoms with Gasteiger partial charge in [-0.15, -0.1) is 11.3 Å². The van der Waals surface area contributed by atoms with E-state index in [0.29, 0.717) is 26.8 Å². The van der Waals surface area contributed by atoms with Crippen LogP contribution < -0.4 is 5.56 Å². The van der Waals surface area contributed by atoms with Crippen molar-refractivity contribution in [3.05, 3.63) is 61.8 Å². The van der Waals surface area contributed by atoms with E-state index in [1.165, 1.54) is 0 Å². The minimum atomic E-state index is -0.237. The second-order valence-corrected chi connectivity index (χ2v) is 5.91. The lowest BCUT2D eigenvalue weighted by Gasteiger charge is -2.02. The van der Waals surface area contributed by atoms with Gasteiger partial charge in [0.15, 0.2) is 5.82 Å². The van der Waals surface area contributed by atoms with Gasteiger partial charge in [-0.1, -0.05) is 29.3 Å². The van der Waals surface area contributed by atoms with Crippen molar-refractivity contribution in [2.75, 3.05) is 0 Å². The average Bonchev–Trinajstić information content (AvgIpc) is 2.90. The van der Waals surface area contributed by atoms with E-state index in [9.17, 15) is 4.79 Å². The number of H-pyrrole nitrogens is 1. The highest BCUT2D eigenvalue weighted by molar-refractivity contribution is 7.11. The molecule has 0 fully saturated rings. The van der Waals surface area contributed by atoms with Crippen molar-refractivity contribution in [2.24, 2.45) is 0 Å². The molecule has 3 nitrogen and oxygen atoms in total. The number of benzene rings is 1. The van der Waals surface area contributed by atoms with Gasteiger partial charge >= 0.3 is 0 Å². The van der Waals surface area contributed by atoms with Gasteiger partial charge in [-0.25, -0.2) is 4.98 Å². The largest absolute Gasteiger partial charge is 0.305 e. The Labute approximate surface area is 128 Å². The molecule has 0 aliphatic carbocycles. The fourth-order valence-electron chi connectivity index (χ4n) is 1.79. The first kappa shape index (κ1) is 13.4. The second kappa shape index (κ2) is 5.40. The van der Waals surface area contributed by atoms with Crippen LogP contribution in [0.1, 0.15) is 10.7 Å². The van der Waals surface area contributed by atoms with Crippen molar-refractivity contribution in [3.63, 3.8) is 0 Å². The van der Waals surface area contributed by atoms with Crippen LogP contribution in [0.3, 0.4) is 0 Å². The molecule has 0 aliphatic rings. The van der Waals surface area contributed by atoms with Crippen LogP contribution in [0.25, 0.3) is 22.0 Å². The number of rotatable bonds is 2. The molecule has 1 N–H and O–H groups in total. The van der Waals surface area contributed by atoms with Gasteiger partial charge in [-0.3, -0.25) is 4.79 Å². The number of halogens is 2. The lowest BCUT2D eigenvalue weighted by Crippen LogP contribution is -2.10. The summed E-state index contributed by atoms with van der Waals surface area (Å²) in [5.74, 6) is 0.333. The van der Waals surface area contributed by atoms with Crippen molar-refractivity contribution in [1.29, 1.82) is 0 Å². The summed E-state index contributed by atoms with van der Waals surface area (Å²) in [5, 5.41) is 3.34. The van der Waals surface area contributed by atoms with E-state index >= 15 is 0 Å². The Kier molecular flexibility index (Phi) is 3.61. The molecular weight excluding hydrogens is 315 g/mol. The van der Waals surface area contributed by atoms with Crippen LogP contribution in [0.2, 0.25) is 5.02 Å². The molecule has 0 bridgehead atoms. The van der Waals surface area contributed by atoms with Crippen molar-refractivity contribution in [2.45, 2.75) is 0 Å². The number of thiophene rings is 1. The molecule has 6 heteroatoms. The maximum absolute atomic E-state index is 12.0. The first-order valence-corrected chi connectivity index (χ1v) is 7.38. The molecule has 1 aromatic carbocycles. The van der Waals surface area contributed by atoms with E-state index in [1.807, 2.05) is 17.5 Å². The Balaban J connectivity index is 2.15. The zero-order chi connectivity index (χ0) is 14.1. The Hall–Kier alpha value is -1.62. The zero-order valence-corrected chi connectivity index (χ0v) is 12.4. The fourth-order valence-corrected chi connectivity index (χ4v) is 2.89. The third-order valence-electron chi connectivity index (χ3n) is 2.71. The van der Waals surface area contributed by atoms with Crippen LogP contribution in [0.15, 0.2) is 40.5 Å². The quantitative estimate of drug-likeness (QED) is 0.761. The summed E-state index contributed by atoms with van der Waals surface area (Å²) in [5.41, 5.74) is 0.286. The standard InChI is InChI=1S/C14H8Cl2N2OS/c15-8-3-4-10-12(6-8)17-13(18-14(10)19)11(16)7-9-2-1-5-20-9/h1-7H,(H,17,18,19)/b11-7-. The molecule has 0 spiro atoms. The molecule has 3 aromatic rings. The third kappa shape index (κ3) is 2.63. The molecule has 0 aliphatic heterocycles. The van der Waals surface area contributed by atoms with Gasteiger partial charge < -0.3 is 4.98 Å². The van der Waals surface area contributed by atoms with Gasteiger partial charge in [-0.05, 0) is 35.7 Å². The Morgan fingerprint density at radius 3 is 2.95 bits per heavy atom. The van der Waals surface area contributed by atoms with E-state index in [2.05, 4.69) is 9.97 Å². The number of hydrogen-bond donors (Lipinski definition) is 1. The summed E-state index contributed by atoms with van der Waals surface area (Å²) in [6.45, 7) is 0. The molecule has 0 amide bonds. The van der Waals surface area contributed by atoms with E-state index in [-0.39, 0.29) is 5.56 Å². The number of fused-ring (bicyclic) bond motifs is 1. The second-order valence-electron chi connectivity index (χ2n) is 4.08. The van der Waals surface area contributed by atoms with Gasteiger partial charge in [0.2, 0.25) is 0 Å². The summed E-state index contributed by atoms with van der Waals surface area (Å²) in [6.07, 6.45) is 1.76. The average molecular weight is 323 g/mol. The zero-order valence-electron chi connectivity index (χ0n) is 10.1. The smallest absolute Gasteiger partial charge is 0.259 e. The molecule has 2 aromatic heterocycles. The van der Waals surface area contributed by atoms with Crippen LogP contribution >= 0.6 is 34.5 Å². The summed E-state index contributed by atoms with van der Waals surface area (Å²) in [4.78, 5) is 20.0. The highest BCUT2D eigenvalue weighted by Crippen LogP contribution is 2.22. The molecule has 3 rings (SSSR count). The Bertz CT molecular complexity index is 853. The maximum atomic E-state index is 12.0. The van der Waals surface area contributed by atoms with E-state index in [0.717, 1.165) is 4.88 Å². The van der Waals surface area contributed by atoms with Gasteiger partial charge in [-0.2, -0.15) is 0 Å². The minimum Gasteiger partial charge on any atom is -0.305 e. The Morgan fingerprint density at radius 2 is 2.20 bits per heavy atom. The first-order valence-electron chi connectivity index (χ1n) is 5.74. The van der Waals surface area contributed by atoms with Crippen molar-refractivity contribution >= 4 is 56.5 Å². The molecule has 0 radical (unpaired) electrons. The minimum absolute atomic E-state index is 0.237. The normalized spacial score (nSPS) is 12.0. The molecule has 0 atom stereocenters. The Morgan fingerprint density at radius 1 is 1.35 bits per heavy atom. The third-order valence-corrected chi connectivity index (χ3v) is 4.05. The van der Waals surface area contributed by atoms with Crippen molar-refractivity contribution in [3.8, 4) is 0 Å². The van der Waals surface area contributed by atoms with Gasteiger partial charge in [0.25, 0.3) is 5.56 Å². The van der Waals surface area contributed by atoms with Gasteiger partial charge in [0.1, 0.15) is 0 Å². The molecular formula is C14H8Cl2N2OS. The topological polar surface area (TPSA) is 45.8 Å². The molecule has 0 saturated carbocycles. The number of aromatic nitrogens is 2. The summed E-state index contributed by atoms with van der Waals surface area (Å²) in [6, 6.07) is 8.80. The summed E-state index contributed by atoms with van der Waals surface area (Å²) < 4.78 is 0. The van der Waals surface area contributed by atoms with E-state index < -0.39 is 0 Å². The molecule has 2 heterocycles. The highest BCUT2D eigenvalue weighted by Gasteiger charge is 2.07. The number of nitrogens with one attached hydrogen (secondary N) is 1. The summed E-state index contributed by atoms with van der Waals surface area (Å²) >= 11 is 13.7. The maximum Gasteiger partial charge on any atom is 0.259 e.